The average Bonchev–Trinajstić information content (AvgIpc) is 2.98. The maximum Gasteiger partial charge on any atom is 0.243 e. The first-order valence-electron chi connectivity index (χ1n) is 7.15. The van der Waals surface area contributed by atoms with E-state index in [1.807, 2.05) is 30.3 Å². The van der Waals surface area contributed by atoms with Crippen molar-refractivity contribution in [2.45, 2.75) is 31.7 Å². The topological polar surface area (TPSA) is 60.2 Å². The van der Waals surface area contributed by atoms with Crippen molar-refractivity contribution in [2.75, 3.05) is 13.2 Å². The number of nitrogens with zero attached hydrogens (tertiary/aromatic N) is 2. The second-order valence-corrected chi connectivity index (χ2v) is 4.96. The molecule has 5 heteroatoms. The van der Waals surface area contributed by atoms with Crippen LogP contribution in [0.3, 0.4) is 0 Å². The van der Waals surface area contributed by atoms with E-state index in [2.05, 4.69) is 15.5 Å². The van der Waals surface area contributed by atoms with E-state index in [4.69, 9.17) is 9.26 Å². The second kappa shape index (κ2) is 6.52. The van der Waals surface area contributed by atoms with Gasteiger partial charge in [0.1, 0.15) is 5.75 Å². The molecule has 0 saturated carbocycles. The summed E-state index contributed by atoms with van der Waals surface area (Å²) < 4.78 is 11.0. The zero-order chi connectivity index (χ0) is 13.6. The van der Waals surface area contributed by atoms with Crippen molar-refractivity contribution < 1.29 is 9.26 Å². The van der Waals surface area contributed by atoms with Gasteiger partial charge in [-0.2, -0.15) is 4.98 Å². The van der Waals surface area contributed by atoms with Crippen molar-refractivity contribution in [3.8, 4) is 5.75 Å². The van der Waals surface area contributed by atoms with Crippen LogP contribution >= 0.6 is 0 Å². The van der Waals surface area contributed by atoms with Gasteiger partial charge in [0.25, 0.3) is 0 Å². The van der Waals surface area contributed by atoms with Crippen LogP contribution in [0, 0.1) is 0 Å². The average molecular weight is 273 g/mol. The Balaban J connectivity index is 1.50. The monoisotopic (exact) mass is 273 g/mol. The lowest BCUT2D eigenvalue weighted by molar-refractivity contribution is 0.292. The van der Waals surface area contributed by atoms with Gasteiger partial charge < -0.3 is 14.6 Å². The van der Waals surface area contributed by atoms with Crippen LogP contribution in [0.1, 0.15) is 37.0 Å². The summed E-state index contributed by atoms with van der Waals surface area (Å²) in [7, 11) is 0. The molecule has 0 aliphatic carbocycles. The number of hydrogen-bond acceptors (Lipinski definition) is 5. The first kappa shape index (κ1) is 13.1. The van der Waals surface area contributed by atoms with Crippen LogP contribution in [0.15, 0.2) is 34.9 Å². The van der Waals surface area contributed by atoms with Crippen LogP contribution in [-0.2, 0) is 6.42 Å². The molecule has 1 aromatic carbocycles. The molecular weight excluding hydrogens is 254 g/mol. The number of aromatic nitrogens is 2. The van der Waals surface area contributed by atoms with Crippen molar-refractivity contribution in [1.82, 2.24) is 15.5 Å². The van der Waals surface area contributed by atoms with E-state index >= 15 is 0 Å². The molecule has 106 valence electrons. The zero-order valence-corrected chi connectivity index (χ0v) is 11.4. The first-order chi connectivity index (χ1) is 9.92. The number of rotatable bonds is 5. The number of benzene rings is 1. The SMILES string of the molecule is c1ccc(OCCc2noc(C3CCCCN3)n2)cc1. The number of hydrogen-bond donors (Lipinski definition) is 1. The standard InChI is InChI=1S/C15H19N3O2/c1-2-6-12(7-3-1)19-11-9-14-17-15(20-18-14)13-8-4-5-10-16-13/h1-3,6-7,13,16H,4-5,8-11H2. The summed E-state index contributed by atoms with van der Waals surface area (Å²) in [5.74, 6) is 2.29. The predicted octanol–water partition coefficient (Wildman–Crippen LogP) is 2.51. The van der Waals surface area contributed by atoms with E-state index < -0.39 is 0 Å². The highest BCUT2D eigenvalue weighted by molar-refractivity contribution is 5.20. The summed E-state index contributed by atoms with van der Waals surface area (Å²) >= 11 is 0. The first-order valence-corrected chi connectivity index (χ1v) is 7.15. The number of nitrogens with one attached hydrogen (secondary N) is 1. The molecule has 5 nitrogen and oxygen atoms in total. The highest BCUT2D eigenvalue weighted by atomic mass is 16.5. The third-order valence-electron chi connectivity index (χ3n) is 3.43. The van der Waals surface area contributed by atoms with Crippen LogP contribution in [0.2, 0.25) is 0 Å². The lowest BCUT2D eigenvalue weighted by Crippen LogP contribution is -2.27. The highest BCUT2D eigenvalue weighted by Crippen LogP contribution is 2.21. The maximum absolute atomic E-state index is 5.63. The van der Waals surface area contributed by atoms with E-state index in [0.29, 0.717) is 24.7 Å². The molecule has 1 atom stereocenters. The maximum atomic E-state index is 5.63. The molecule has 1 N–H and O–H groups in total. The molecule has 0 radical (unpaired) electrons. The van der Waals surface area contributed by atoms with Gasteiger partial charge in [-0.05, 0) is 31.5 Å². The Morgan fingerprint density at radius 3 is 2.95 bits per heavy atom. The number of para-hydroxylation sites is 1. The lowest BCUT2D eigenvalue weighted by atomic mass is 10.1. The van der Waals surface area contributed by atoms with E-state index in [0.717, 1.165) is 18.7 Å². The Hall–Kier alpha value is -1.88. The van der Waals surface area contributed by atoms with Crippen LogP contribution in [0.25, 0.3) is 0 Å². The van der Waals surface area contributed by atoms with Crippen molar-refractivity contribution in [3.63, 3.8) is 0 Å². The molecule has 2 aromatic rings. The largest absolute Gasteiger partial charge is 0.493 e. The quantitative estimate of drug-likeness (QED) is 0.907. The zero-order valence-electron chi connectivity index (χ0n) is 11.4. The molecule has 3 rings (SSSR count). The van der Waals surface area contributed by atoms with Gasteiger partial charge >= 0.3 is 0 Å². The van der Waals surface area contributed by atoms with Crippen LogP contribution in [-0.4, -0.2) is 23.3 Å². The third-order valence-corrected chi connectivity index (χ3v) is 3.43. The van der Waals surface area contributed by atoms with Gasteiger partial charge in [0.05, 0.1) is 12.6 Å². The fourth-order valence-corrected chi connectivity index (χ4v) is 2.35. The molecule has 1 aliphatic heterocycles. The highest BCUT2D eigenvalue weighted by Gasteiger charge is 2.20. The number of ether oxygens (including phenoxy) is 1. The van der Waals surface area contributed by atoms with E-state index in [1.165, 1.54) is 12.8 Å². The van der Waals surface area contributed by atoms with Gasteiger partial charge in [-0.1, -0.05) is 29.8 Å². The Morgan fingerprint density at radius 2 is 2.15 bits per heavy atom. The summed E-state index contributed by atoms with van der Waals surface area (Å²) in [6.45, 7) is 1.58. The molecule has 1 aliphatic rings. The van der Waals surface area contributed by atoms with Crippen LogP contribution in [0.4, 0.5) is 0 Å². The molecule has 0 spiro atoms. The van der Waals surface area contributed by atoms with Gasteiger partial charge in [0, 0.05) is 6.42 Å². The fraction of sp³-hybridized carbons (Fsp3) is 0.467. The van der Waals surface area contributed by atoms with Crippen molar-refractivity contribution in [3.05, 3.63) is 42.0 Å². The van der Waals surface area contributed by atoms with Gasteiger partial charge in [-0.3, -0.25) is 0 Å². The van der Waals surface area contributed by atoms with Gasteiger partial charge in [-0.25, -0.2) is 0 Å². The molecule has 20 heavy (non-hydrogen) atoms. The van der Waals surface area contributed by atoms with Gasteiger partial charge in [0.2, 0.25) is 5.89 Å². The van der Waals surface area contributed by atoms with E-state index in [1.54, 1.807) is 0 Å². The minimum Gasteiger partial charge on any atom is -0.493 e. The smallest absolute Gasteiger partial charge is 0.243 e. The third kappa shape index (κ3) is 3.36. The van der Waals surface area contributed by atoms with Crippen molar-refractivity contribution in [2.24, 2.45) is 0 Å². The van der Waals surface area contributed by atoms with Crippen LogP contribution < -0.4 is 10.1 Å². The Morgan fingerprint density at radius 1 is 1.25 bits per heavy atom. The van der Waals surface area contributed by atoms with Gasteiger partial charge in [0.15, 0.2) is 5.82 Å². The lowest BCUT2D eigenvalue weighted by Gasteiger charge is -2.19. The van der Waals surface area contributed by atoms with Crippen LogP contribution in [0.5, 0.6) is 5.75 Å². The van der Waals surface area contributed by atoms with E-state index in [-0.39, 0.29) is 6.04 Å². The minimum absolute atomic E-state index is 0.222. The molecule has 0 amide bonds. The molecule has 1 saturated heterocycles. The molecule has 2 heterocycles. The normalized spacial score (nSPS) is 18.9. The summed E-state index contributed by atoms with van der Waals surface area (Å²) in [6, 6.07) is 9.98. The van der Waals surface area contributed by atoms with Crippen molar-refractivity contribution >= 4 is 0 Å². The molecule has 0 bridgehead atoms. The Bertz CT molecular complexity index is 521. The second-order valence-electron chi connectivity index (χ2n) is 4.96. The Labute approximate surface area is 118 Å². The predicted molar refractivity (Wildman–Crippen MR) is 74.5 cm³/mol. The number of piperidine rings is 1. The molecule has 1 unspecified atom stereocenters. The molecule has 1 aromatic heterocycles. The fourth-order valence-electron chi connectivity index (χ4n) is 2.35. The summed E-state index contributed by atoms with van der Waals surface area (Å²) in [5.41, 5.74) is 0. The Kier molecular flexibility index (Phi) is 4.28. The summed E-state index contributed by atoms with van der Waals surface area (Å²) in [6.07, 6.45) is 4.17. The van der Waals surface area contributed by atoms with Crippen molar-refractivity contribution in [1.29, 1.82) is 0 Å². The molecular formula is C15H19N3O2. The molecule has 1 fully saturated rings. The van der Waals surface area contributed by atoms with Gasteiger partial charge in [-0.15, -0.1) is 0 Å². The summed E-state index contributed by atoms with van der Waals surface area (Å²) in [5, 5.41) is 7.42. The summed E-state index contributed by atoms with van der Waals surface area (Å²) in [4.78, 5) is 4.44. The van der Waals surface area contributed by atoms with E-state index in [9.17, 15) is 0 Å². The minimum atomic E-state index is 0.222.